The first-order chi connectivity index (χ1) is 17.5. The highest BCUT2D eigenvalue weighted by Gasteiger charge is 2.12. The van der Waals surface area contributed by atoms with Crippen LogP contribution in [0.3, 0.4) is 0 Å². The Morgan fingerprint density at radius 2 is 1.39 bits per heavy atom. The van der Waals surface area contributed by atoms with Gasteiger partial charge >= 0.3 is 0 Å². The number of hydrogen-bond donors (Lipinski definition) is 0. The van der Waals surface area contributed by atoms with E-state index in [9.17, 15) is 8.78 Å². The van der Waals surface area contributed by atoms with E-state index in [-0.39, 0.29) is 18.7 Å². The molecule has 4 rings (SSSR count). The minimum Gasteiger partial charge on any atom is -0.206 e. The van der Waals surface area contributed by atoms with E-state index in [2.05, 4.69) is 30.9 Å². The molecule has 0 amide bonds. The molecule has 0 N–H and O–H groups in total. The lowest BCUT2D eigenvalue weighted by Crippen LogP contribution is -1.99. The summed E-state index contributed by atoms with van der Waals surface area (Å²) < 4.78 is 42.9. The van der Waals surface area contributed by atoms with E-state index in [1.807, 2.05) is 24.3 Å². The second-order valence-electron chi connectivity index (χ2n) is 8.92. The van der Waals surface area contributed by atoms with E-state index in [1.165, 1.54) is 30.9 Å². The van der Waals surface area contributed by atoms with Crippen LogP contribution in [0.4, 0.5) is 13.2 Å². The van der Waals surface area contributed by atoms with Crippen molar-refractivity contribution in [1.82, 2.24) is 0 Å². The first kappa shape index (κ1) is 25.1. The van der Waals surface area contributed by atoms with Gasteiger partial charge in [-0.2, -0.15) is 5.26 Å². The molecule has 4 aromatic rings. The van der Waals surface area contributed by atoms with Gasteiger partial charge in [-0.1, -0.05) is 61.9 Å². The molecule has 0 aromatic heterocycles. The van der Waals surface area contributed by atoms with Gasteiger partial charge in [0.25, 0.3) is 0 Å². The van der Waals surface area contributed by atoms with Crippen molar-refractivity contribution in [3.05, 3.63) is 118 Å². The zero-order valence-corrected chi connectivity index (χ0v) is 20.2. The molecule has 0 bridgehead atoms. The zero-order valence-electron chi connectivity index (χ0n) is 20.2. The number of halogens is 3. The van der Waals surface area contributed by atoms with Gasteiger partial charge in [0.2, 0.25) is 0 Å². The third-order valence-corrected chi connectivity index (χ3v) is 6.30. The molecule has 36 heavy (non-hydrogen) atoms. The van der Waals surface area contributed by atoms with Crippen LogP contribution in [0.25, 0.3) is 10.8 Å². The fourth-order valence-corrected chi connectivity index (χ4v) is 4.24. The van der Waals surface area contributed by atoms with Crippen LogP contribution in [-0.2, 0) is 19.3 Å². The molecule has 4 heteroatoms. The maximum atomic E-state index is 15.2. The van der Waals surface area contributed by atoms with Gasteiger partial charge in [0.15, 0.2) is 0 Å². The Kier molecular flexibility index (Phi) is 8.09. The van der Waals surface area contributed by atoms with Crippen molar-refractivity contribution < 1.29 is 13.2 Å². The molecular formula is C32H26F3N. The summed E-state index contributed by atoms with van der Waals surface area (Å²) in [5.74, 6) is 4.19. The smallest absolute Gasteiger partial charge is 0.144 e. The summed E-state index contributed by atoms with van der Waals surface area (Å²) in [6, 6.07) is 21.0. The first-order valence-electron chi connectivity index (χ1n) is 12.2. The molecule has 0 heterocycles. The molecule has 0 aliphatic heterocycles. The van der Waals surface area contributed by atoms with Gasteiger partial charge in [-0.15, -0.1) is 0 Å². The summed E-state index contributed by atoms with van der Waals surface area (Å²) in [4.78, 5) is 0. The Morgan fingerprint density at radius 3 is 2.08 bits per heavy atom. The highest BCUT2D eigenvalue weighted by molar-refractivity contribution is 5.85. The molecule has 0 atom stereocenters. The molecule has 0 fully saturated rings. The zero-order chi connectivity index (χ0) is 25.5. The van der Waals surface area contributed by atoms with Crippen molar-refractivity contribution in [2.24, 2.45) is 0 Å². The fraction of sp³-hybridized carbons (Fsp3) is 0.219. The van der Waals surface area contributed by atoms with Crippen molar-refractivity contribution in [2.45, 2.75) is 45.4 Å². The monoisotopic (exact) mass is 481 g/mol. The molecule has 0 radical (unpaired) electrons. The van der Waals surface area contributed by atoms with E-state index in [1.54, 1.807) is 18.2 Å². The normalized spacial score (nSPS) is 10.6. The van der Waals surface area contributed by atoms with Gasteiger partial charge in [0, 0.05) is 16.5 Å². The molecule has 180 valence electrons. The largest absolute Gasteiger partial charge is 0.206 e. The Balaban J connectivity index is 1.47. The van der Waals surface area contributed by atoms with Crippen LogP contribution in [0, 0.1) is 40.6 Å². The summed E-state index contributed by atoms with van der Waals surface area (Å²) in [5, 5.41) is 10.0. The SMILES string of the molecule is CCCCCc1ccc(C#Cc2ccc3c(F)c(CCc4cc(F)c(C#N)c(F)c4)ccc3c2)cc1. The maximum absolute atomic E-state index is 15.2. The molecule has 0 spiro atoms. The van der Waals surface area contributed by atoms with Crippen LogP contribution in [0.2, 0.25) is 0 Å². The Labute approximate surface area is 210 Å². The third kappa shape index (κ3) is 5.96. The highest BCUT2D eigenvalue weighted by Crippen LogP contribution is 2.24. The minimum absolute atomic E-state index is 0.253. The van der Waals surface area contributed by atoms with Crippen molar-refractivity contribution in [2.75, 3.05) is 0 Å². The average Bonchev–Trinajstić information content (AvgIpc) is 2.88. The van der Waals surface area contributed by atoms with Gasteiger partial charge < -0.3 is 0 Å². The number of unbranched alkanes of at least 4 members (excludes halogenated alkanes) is 2. The summed E-state index contributed by atoms with van der Waals surface area (Å²) in [7, 11) is 0. The summed E-state index contributed by atoms with van der Waals surface area (Å²) in [6.07, 6.45) is 5.26. The molecular weight excluding hydrogens is 455 g/mol. The van der Waals surface area contributed by atoms with Crippen molar-refractivity contribution in [3.63, 3.8) is 0 Å². The van der Waals surface area contributed by atoms with E-state index in [4.69, 9.17) is 5.26 Å². The Bertz CT molecular complexity index is 1460. The molecule has 0 aliphatic carbocycles. The Morgan fingerprint density at radius 1 is 0.694 bits per heavy atom. The fourth-order valence-electron chi connectivity index (χ4n) is 4.24. The van der Waals surface area contributed by atoms with Crippen LogP contribution >= 0.6 is 0 Å². The lowest BCUT2D eigenvalue weighted by atomic mass is 9.98. The van der Waals surface area contributed by atoms with Crippen LogP contribution in [0.1, 0.15) is 59.6 Å². The molecule has 1 nitrogen and oxygen atoms in total. The predicted molar refractivity (Wildman–Crippen MR) is 138 cm³/mol. The van der Waals surface area contributed by atoms with Crippen LogP contribution in [0.15, 0.2) is 66.7 Å². The minimum atomic E-state index is -0.900. The molecule has 4 aromatic carbocycles. The summed E-state index contributed by atoms with van der Waals surface area (Å²) in [5.41, 5.74) is 3.29. The Hall–Kier alpha value is -4.02. The lowest BCUT2D eigenvalue weighted by molar-refractivity contribution is 0.572. The highest BCUT2D eigenvalue weighted by atomic mass is 19.1. The van der Waals surface area contributed by atoms with E-state index >= 15 is 4.39 Å². The third-order valence-electron chi connectivity index (χ3n) is 6.30. The first-order valence-corrected chi connectivity index (χ1v) is 12.2. The van der Waals surface area contributed by atoms with Gasteiger partial charge in [-0.25, -0.2) is 13.2 Å². The predicted octanol–water partition coefficient (Wildman–Crippen LogP) is 8.05. The number of aryl methyl sites for hydroxylation is 3. The van der Waals surface area contributed by atoms with E-state index < -0.39 is 17.2 Å². The number of hydrogen-bond acceptors (Lipinski definition) is 1. The summed E-state index contributed by atoms with van der Waals surface area (Å²) in [6.45, 7) is 2.20. The number of nitriles is 1. The van der Waals surface area contributed by atoms with E-state index in [0.717, 1.165) is 35.1 Å². The molecule has 0 saturated carbocycles. The molecule has 0 aliphatic rings. The van der Waals surface area contributed by atoms with Crippen molar-refractivity contribution in [3.8, 4) is 17.9 Å². The van der Waals surface area contributed by atoms with E-state index in [0.29, 0.717) is 16.5 Å². The number of fused-ring (bicyclic) bond motifs is 1. The maximum Gasteiger partial charge on any atom is 0.144 e. The van der Waals surface area contributed by atoms with Gasteiger partial charge in [0.1, 0.15) is 29.1 Å². The van der Waals surface area contributed by atoms with Crippen LogP contribution < -0.4 is 0 Å². The quantitative estimate of drug-likeness (QED) is 0.194. The van der Waals surface area contributed by atoms with Gasteiger partial charge in [0.05, 0.1) is 0 Å². The lowest BCUT2D eigenvalue weighted by Gasteiger charge is -2.08. The van der Waals surface area contributed by atoms with Gasteiger partial charge in [-0.05, 0) is 84.2 Å². The number of nitrogens with zero attached hydrogens (tertiary/aromatic N) is 1. The standard InChI is InChI=1S/C32H26F3N/c1-2-3-4-5-22-6-8-23(9-7-22)10-11-24-13-17-28-27(18-24)16-15-26(32(28)35)14-12-25-19-30(33)29(21-36)31(34)20-25/h6-9,13,15-20H,2-5,12,14H2,1H3. The van der Waals surface area contributed by atoms with Crippen molar-refractivity contribution in [1.29, 1.82) is 5.26 Å². The van der Waals surface area contributed by atoms with Crippen molar-refractivity contribution >= 4 is 10.8 Å². The molecule has 0 saturated heterocycles. The second kappa shape index (κ2) is 11.6. The topological polar surface area (TPSA) is 23.8 Å². The molecule has 0 unspecified atom stereocenters. The number of benzene rings is 4. The van der Waals surface area contributed by atoms with Crippen LogP contribution in [0.5, 0.6) is 0 Å². The number of rotatable bonds is 7. The average molecular weight is 482 g/mol. The second-order valence-corrected chi connectivity index (χ2v) is 8.92. The van der Waals surface area contributed by atoms with Crippen LogP contribution in [-0.4, -0.2) is 0 Å². The summed E-state index contributed by atoms with van der Waals surface area (Å²) >= 11 is 0. The van der Waals surface area contributed by atoms with Gasteiger partial charge in [-0.3, -0.25) is 0 Å².